The molecule has 1 rings (SSSR count). The Hall–Kier alpha value is -1.39. The van der Waals surface area contributed by atoms with Gasteiger partial charge in [-0.2, -0.15) is 0 Å². The van der Waals surface area contributed by atoms with Crippen LogP contribution in [0.1, 0.15) is 24.2 Å². The van der Waals surface area contributed by atoms with Crippen LogP contribution in [0.15, 0.2) is 24.3 Å². The first-order chi connectivity index (χ1) is 8.10. The van der Waals surface area contributed by atoms with Crippen LogP contribution >= 0.6 is 0 Å². The Morgan fingerprint density at radius 3 is 2.24 bits per heavy atom. The summed E-state index contributed by atoms with van der Waals surface area (Å²) in [4.78, 5) is 12.0. The Morgan fingerprint density at radius 1 is 1.12 bits per heavy atom. The van der Waals surface area contributed by atoms with E-state index in [1.807, 2.05) is 13.8 Å². The molecule has 4 nitrogen and oxygen atoms in total. The Morgan fingerprint density at radius 2 is 1.71 bits per heavy atom. The summed E-state index contributed by atoms with van der Waals surface area (Å²) < 4.78 is 15.3. The van der Waals surface area contributed by atoms with Crippen molar-refractivity contribution in [2.75, 3.05) is 14.2 Å². The van der Waals surface area contributed by atoms with Crippen molar-refractivity contribution in [2.45, 2.75) is 20.3 Å². The number of para-hydroxylation sites is 1. The first-order valence-corrected chi connectivity index (χ1v) is 5.45. The van der Waals surface area contributed by atoms with E-state index in [0.29, 0.717) is 11.3 Å². The molecule has 0 atom stereocenters. The Bertz CT molecular complexity index is 369. The highest BCUT2D eigenvalue weighted by Crippen LogP contribution is 2.22. The van der Waals surface area contributed by atoms with E-state index in [2.05, 4.69) is 0 Å². The molecule has 0 fully saturated rings. The summed E-state index contributed by atoms with van der Waals surface area (Å²) in [5.74, 6) is 0.426. The van der Waals surface area contributed by atoms with E-state index >= 15 is 0 Å². The second-order valence-electron chi connectivity index (χ2n) is 3.89. The molecule has 0 spiro atoms. The number of carbonyl (C=O) groups excluding carboxylic acids is 1. The summed E-state index contributed by atoms with van der Waals surface area (Å²) in [6.45, 7) is 2.89. The Kier molecular flexibility index (Phi) is 5.12. The van der Waals surface area contributed by atoms with E-state index in [9.17, 15) is 4.79 Å². The van der Waals surface area contributed by atoms with Gasteiger partial charge >= 0.3 is 6.48 Å². The molecule has 0 aliphatic heterocycles. The first-order valence-electron chi connectivity index (χ1n) is 5.45. The highest BCUT2D eigenvalue weighted by Gasteiger charge is 2.17. The maximum atomic E-state index is 12.0. The molecule has 0 unspecified atom stereocenters. The number of hydrogen-bond donors (Lipinski definition) is 0. The van der Waals surface area contributed by atoms with Gasteiger partial charge in [-0.1, -0.05) is 26.0 Å². The molecule has 0 aliphatic rings. The van der Waals surface area contributed by atoms with E-state index in [1.54, 1.807) is 24.3 Å². The van der Waals surface area contributed by atoms with Crippen LogP contribution < -0.4 is 4.74 Å². The van der Waals surface area contributed by atoms with Crippen molar-refractivity contribution in [3.8, 4) is 5.75 Å². The van der Waals surface area contributed by atoms with Crippen LogP contribution in [0.25, 0.3) is 0 Å². The molecular weight excluding hydrogens is 220 g/mol. The lowest BCUT2D eigenvalue weighted by molar-refractivity contribution is -0.219. The molecule has 0 bridgehead atoms. The zero-order valence-corrected chi connectivity index (χ0v) is 10.6. The first kappa shape index (κ1) is 13.7. The summed E-state index contributed by atoms with van der Waals surface area (Å²) in [5, 5.41) is 0. The fourth-order valence-electron chi connectivity index (χ4n) is 1.38. The van der Waals surface area contributed by atoms with E-state index < -0.39 is 6.48 Å². The minimum Gasteiger partial charge on any atom is -0.440 e. The van der Waals surface area contributed by atoms with Crippen LogP contribution in [0.3, 0.4) is 0 Å². The van der Waals surface area contributed by atoms with Crippen molar-refractivity contribution in [1.82, 2.24) is 0 Å². The van der Waals surface area contributed by atoms with Gasteiger partial charge in [-0.25, -0.2) is 0 Å². The molecular formula is C13H18O4. The Balaban J connectivity index is 2.95. The largest absolute Gasteiger partial charge is 0.440 e. The minimum absolute atomic E-state index is 0.0338. The van der Waals surface area contributed by atoms with E-state index in [4.69, 9.17) is 14.2 Å². The zero-order chi connectivity index (χ0) is 12.8. The minimum atomic E-state index is -0.809. The maximum Gasteiger partial charge on any atom is 0.315 e. The van der Waals surface area contributed by atoms with Crippen molar-refractivity contribution in [1.29, 1.82) is 0 Å². The summed E-state index contributed by atoms with van der Waals surface area (Å²) in [5.41, 5.74) is 0.543. The monoisotopic (exact) mass is 238 g/mol. The van der Waals surface area contributed by atoms with Gasteiger partial charge in [-0.05, 0) is 12.1 Å². The van der Waals surface area contributed by atoms with Crippen molar-refractivity contribution in [3.05, 3.63) is 29.8 Å². The van der Waals surface area contributed by atoms with E-state index in [1.165, 1.54) is 14.2 Å². The molecule has 0 heterocycles. The summed E-state index contributed by atoms with van der Waals surface area (Å²) >= 11 is 0. The summed E-state index contributed by atoms with van der Waals surface area (Å²) in [7, 11) is 2.95. The van der Waals surface area contributed by atoms with Crippen LogP contribution in [0.4, 0.5) is 0 Å². The topological polar surface area (TPSA) is 44.8 Å². The predicted molar refractivity (Wildman–Crippen MR) is 64.0 cm³/mol. The van der Waals surface area contributed by atoms with Crippen LogP contribution in [-0.2, 0) is 9.47 Å². The van der Waals surface area contributed by atoms with Gasteiger partial charge in [0.2, 0.25) is 0 Å². The van der Waals surface area contributed by atoms with Gasteiger partial charge in [0.1, 0.15) is 5.75 Å². The number of benzene rings is 1. The molecule has 0 radical (unpaired) electrons. The second-order valence-corrected chi connectivity index (χ2v) is 3.89. The molecule has 4 heteroatoms. The van der Waals surface area contributed by atoms with Gasteiger partial charge in [0, 0.05) is 20.1 Å². The van der Waals surface area contributed by atoms with Crippen molar-refractivity contribution >= 4 is 5.78 Å². The fraction of sp³-hybridized carbons (Fsp3) is 0.462. The summed E-state index contributed by atoms with van der Waals surface area (Å²) in [6, 6.07) is 7.06. The average Bonchev–Trinajstić information content (AvgIpc) is 2.35. The highest BCUT2D eigenvalue weighted by atomic mass is 16.8. The predicted octanol–water partition coefficient (Wildman–Crippen LogP) is 2.48. The lowest BCUT2D eigenvalue weighted by Crippen LogP contribution is -2.22. The standard InChI is InChI=1S/C13H18O4/c1-9(2)12(14)10-7-5-6-8-11(10)17-13(15-3)16-4/h5-9,13H,1-4H3. The maximum absolute atomic E-state index is 12.0. The molecule has 0 N–H and O–H groups in total. The molecule has 1 aromatic carbocycles. The quantitative estimate of drug-likeness (QED) is 0.564. The van der Waals surface area contributed by atoms with Crippen LogP contribution in [0, 0.1) is 5.92 Å². The SMILES string of the molecule is COC(OC)Oc1ccccc1C(=O)C(C)C. The molecule has 0 saturated heterocycles. The third-order valence-electron chi connectivity index (χ3n) is 2.28. The van der Waals surface area contributed by atoms with Crippen molar-refractivity contribution in [2.24, 2.45) is 5.92 Å². The second kappa shape index (κ2) is 6.37. The number of carbonyl (C=O) groups is 1. The number of methoxy groups -OCH3 is 2. The molecule has 0 aliphatic carbocycles. The normalized spacial score (nSPS) is 10.9. The van der Waals surface area contributed by atoms with Crippen LogP contribution in [0.2, 0.25) is 0 Å². The van der Waals surface area contributed by atoms with Crippen molar-refractivity contribution < 1.29 is 19.0 Å². The van der Waals surface area contributed by atoms with Crippen LogP contribution in [0.5, 0.6) is 5.75 Å². The van der Waals surface area contributed by atoms with Crippen LogP contribution in [-0.4, -0.2) is 26.5 Å². The van der Waals surface area contributed by atoms with Gasteiger partial charge in [0.05, 0.1) is 5.56 Å². The Labute approximate surface area is 101 Å². The zero-order valence-electron chi connectivity index (χ0n) is 10.6. The third-order valence-corrected chi connectivity index (χ3v) is 2.28. The molecule has 17 heavy (non-hydrogen) atoms. The van der Waals surface area contributed by atoms with Gasteiger partial charge < -0.3 is 14.2 Å². The van der Waals surface area contributed by atoms with Gasteiger partial charge in [0.15, 0.2) is 5.78 Å². The van der Waals surface area contributed by atoms with Gasteiger partial charge in [0.25, 0.3) is 0 Å². The van der Waals surface area contributed by atoms with Gasteiger partial charge in [-0.3, -0.25) is 4.79 Å². The number of hydrogen-bond acceptors (Lipinski definition) is 4. The fourth-order valence-corrected chi connectivity index (χ4v) is 1.38. The number of rotatable bonds is 6. The lowest BCUT2D eigenvalue weighted by atomic mass is 10.0. The molecule has 0 amide bonds. The smallest absolute Gasteiger partial charge is 0.315 e. The average molecular weight is 238 g/mol. The third kappa shape index (κ3) is 3.54. The lowest BCUT2D eigenvalue weighted by Gasteiger charge is -2.17. The molecule has 1 aromatic rings. The van der Waals surface area contributed by atoms with E-state index in [0.717, 1.165) is 0 Å². The summed E-state index contributed by atoms with van der Waals surface area (Å²) in [6.07, 6.45) is 0. The van der Waals surface area contributed by atoms with E-state index in [-0.39, 0.29) is 11.7 Å². The number of ether oxygens (including phenoxy) is 3. The van der Waals surface area contributed by atoms with Gasteiger partial charge in [-0.15, -0.1) is 0 Å². The van der Waals surface area contributed by atoms with Crippen molar-refractivity contribution in [3.63, 3.8) is 0 Å². The highest BCUT2D eigenvalue weighted by molar-refractivity contribution is 5.99. The number of Topliss-reactive ketones (excluding diaryl/α,β-unsaturated/α-hetero) is 1. The molecule has 0 aromatic heterocycles. The number of ketones is 1. The molecule has 94 valence electrons. The molecule has 0 saturated carbocycles.